The molecule has 3 rings (SSSR count). The van der Waals surface area contributed by atoms with Crippen molar-refractivity contribution in [3.63, 3.8) is 0 Å². The molecule has 0 atom stereocenters. The van der Waals surface area contributed by atoms with E-state index in [1.165, 1.54) is 0 Å². The number of fused-ring (bicyclic) bond motifs is 1. The molecule has 29 heavy (non-hydrogen) atoms. The second kappa shape index (κ2) is 9.41. The maximum absolute atomic E-state index is 12.8. The van der Waals surface area contributed by atoms with Gasteiger partial charge in [-0.15, -0.1) is 0 Å². The van der Waals surface area contributed by atoms with E-state index in [2.05, 4.69) is 0 Å². The first-order chi connectivity index (χ1) is 14.1. The minimum absolute atomic E-state index is 0.0713. The number of carbonyl (C=O) groups excluding carboxylic acids is 1. The Morgan fingerprint density at radius 3 is 2.45 bits per heavy atom. The summed E-state index contributed by atoms with van der Waals surface area (Å²) in [6, 6.07) is 9.49. The predicted octanol–water partition coefficient (Wildman–Crippen LogP) is 3.42. The van der Waals surface area contributed by atoms with Crippen LogP contribution in [0, 0.1) is 0 Å². The lowest BCUT2D eigenvalue weighted by molar-refractivity contribution is -0.131. The van der Waals surface area contributed by atoms with Crippen LogP contribution in [0.25, 0.3) is 0 Å². The van der Waals surface area contributed by atoms with Crippen molar-refractivity contribution in [2.75, 3.05) is 34.7 Å². The van der Waals surface area contributed by atoms with Crippen LogP contribution in [0.1, 0.15) is 24.5 Å². The van der Waals surface area contributed by atoms with Gasteiger partial charge in [0, 0.05) is 19.5 Å². The van der Waals surface area contributed by atoms with E-state index in [0.717, 1.165) is 22.6 Å². The van der Waals surface area contributed by atoms with Crippen LogP contribution < -0.4 is 23.7 Å². The molecule has 1 amide bonds. The maximum atomic E-state index is 12.8. The maximum Gasteiger partial charge on any atom is 0.231 e. The Morgan fingerprint density at radius 1 is 1.00 bits per heavy atom. The number of methoxy groups -OCH3 is 3. The Hall–Kier alpha value is -3.09. The molecule has 0 radical (unpaired) electrons. The number of rotatable bonds is 9. The largest absolute Gasteiger partial charge is 0.493 e. The summed E-state index contributed by atoms with van der Waals surface area (Å²) < 4.78 is 27.0. The SMILES string of the molecule is CCN(Cc1ccc2c(c1)OCO2)C(=O)CCc1ccc(OC)c(OC)c1OC. The van der Waals surface area contributed by atoms with Gasteiger partial charge in [0.2, 0.25) is 18.4 Å². The molecule has 0 saturated heterocycles. The first-order valence-corrected chi connectivity index (χ1v) is 9.55. The van der Waals surface area contributed by atoms with Gasteiger partial charge in [0.05, 0.1) is 21.3 Å². The average Bonchev–Trinajstić information content (AvgIpc) is 3.22. The topological polar surface area (TPSA) is 66.5 Å². The lowest BCUT2D eigenvalue weighted by atomic mass is 10.1. The van der Waals surface area contributed by atoms with E-state index in [4.69, 9.17) is 23.7 Å². The summed E-state index contributed by atoms with van der Waals surface area (Å²) in [7, 11) is 4.73. The van der Waals surface area contributed by atoms with Crippen molar-refractivity contribution in [3.05, 3.63) is 41.5 Å². The van der Waals surface area contributed by atoms with Gasteiger partial charge in [-0.05, 0) is 42.7 Å². The van der Waals surface area contributed by atoms with Crippen molar-refractivity contribution < 1.29 is 28.5 Å². The van der Waals surface area contributed by atoms with Crippen LogP contribution >= 0.6 is 0 Å². The van der Waals surface area contributed by atoms with Crippen molar-refractivity contribution >= 4 is 5.91 Å². The zero-order chi connectivity index (χ0) is 20.8. The standard InChI is InChI=1S/C22H27NO6/c1-5-23(13-15-6-9-17-19(12-15)29-14-28-17)20(24)11-8-16-7-10-18(25-2)22(27-4)21(16)26-3/h6-7,9-10,12H,5,8,11,13-14H2,1-4H3. The molecule has 1 aliphatic heterocycles. The molecule has 156 valence electrons. The van der Waals surface area contributed by atoms with E-state index in [1.807, 2.05) is 42.2 Å². The highest BCUT2D eigenvalue weighted by Gasteiger charge is 2.19. The molecule has 0 bridgehead atoms. The van der Waals surface area contributed by atoms with E-state index in [-0.39, 0.29) is 12.7 Å². The highest BCUT2D eigenvalue weighted by atomic mass is 16.7. The Morgan fingerprint density at radius 2 is 1.76 bits per heavy atom. The summed E-state index contributed by atoms with van der Waals surface area (Å²) in [5.74, 6) is 3.26. The summed E-state index contributed by atoms with van der Waals surface area (Å²) in [5, 5.41) is 0. The molecule has 0 N–H and O–H groups in total. The number of ether oxygens (including phenoxy) is 5. The molecule has 1 aliphatic rings. The van der Waals surface area contributed by atoms with Gasteiger partial charge >= 0.3 is 0 Å². The fraction of sp³-hybridized carbons (Fsp3) is 0.409. The van der Waals surface area contributed by atoms with Gasteiger partial charge in [0.1, 0.15) is 0 Å². The van der Waals surface area contributed by atoms with Crippen molar-refractivity contribution in [2.45, 2.75) is 26.3 Å². The molecule has 7 heteroatoms. The van der Waals surface area contributed by atoms with Gasteiger partial charge in [-0.25, -0.2) is 0 Å². The number of aryl methyl sites for hydroxylation is 1. The molecule has 7 nitrogen and oxygen atoms in total. The number of amides is 1. The fourth-order valence-electron chi connectivity index (χ4n) is 3.40. The van der Waals surface area contributed by atoms with Crippen LogP contribution in [0.15, 0.2) is 30.3 Å². The number of hydrogen-bond acceptors (Lipinski definition) is 6. The van der Waals surface area contributed by atoms with Crippen LogP contribution in [-0.2, 0) is 17.8 Å². The Balaban J connectivity index is 1.67. The second-order valence-electron chi connectivity index (χ2n) is 6.59. The molecule has 0 aromatic heterocycles. The molecule has 0 fully saturated rings. The predicted molar refractivity (Wildman–Crippen MR) is 108 cm³/mol. The van der Waals surface area contributed by atoms with Crippen molar-refractivity contribution in [3.8, 4) is 28.7 Å². The minimum atomic E-state index is 0.0713. The van der Waals surface area contributed by atoms with Gasteiger partial charge in [-0.3, -0.25) is 4.79 Å². The Labute approximate surface area is 171 Å². The molecule has 0 saturated carbocycles. The number of hydrogen-bond donors (Lipinski definition) is 0. The van der Waals surface area contributed by atoms with Gasteiger partial charge in [0.25, 0.3) is 0 Å². The molecule has 1 heterocycles. The third kappa shape index (κ3) is 4.50. The van der Waals surface area contributed by atoms with Crippen LogP contribution in [0.5, 0.6) is 28.7 Å². The summed E-state index contributed by atoms with van der Waals surface area (Å²) in [5.41, 5.74) is 1.91. The third-order valence-corrected chi connectivity index (χ3v) is 4.94. The van der Waals surface area contributed by atoms with Crippen LogP contribution in [0.2, 0.25) is 0 Å². The Bertz CT molecular complexity index is 867. The fourth-order valence-corrected chi connectivity index (χ4v) is 3.40. The molecule has 0 spiro atoms. The summed E-state index contributed by atoms with van der Waals surface area (Å²) in [6.07, 6.45) is 0.907. The lowest BCUT2D eigenvalue weighted by Crippen LogP contribution is -2.30. The van der Waals surface area contributed by atoms with Gasteiger partial charge in [0.15, 0.2) is 23.0 Å². The van der Waals surface area contributed by atoms with E-state index in [0.29, 0.717) is 43.2 Å². The number of carbonyl (C=O) groups is 1. The zero-order valence-corrected chi connectivity index (χ0v) is 17.3. The smallest absolute Gasteiger partial charge is 0.231 e. The monoisotopic (exact) mass is 401 g/mol. The average molecular weight is 401 g/mol. The zero-order valence-electron chi connectivity index (χ0n) is 17.3. The summed E-state index contributed by atoms with van der Waals surface area (Å²) in [4.78, 5) is 14.7. The van der Waals surface area contributed by atoms with Crippen LogP contribution in [0.4, 0.5) is 0 Å². The van der Waals surface area contributed by atoms with Gasteiger partial charge in [-0.1, -0.05) is 12.1 Å². The van der Waals surface area contributed by atoms with Crippen molar-refractivity contribution in [1.29, 1.82) is 0 Å². The number of benzene rings is 2. The van der Waals surface area contributed by atoms with E-state index in [1.54, 1.807) is 21.3 Å². The summed E-state index contributed by atoms with van der Waals surface area (Å²) in [6.45, 7) is 3.36. The number of nitrogens with zero attached hydrogens (tertiary/aromatic N) is 1. The van der Waals surface area contributed by atoms with Gasteiger partial charge in [-0.2, -0.15) is 0 Å². The molecule has 0 unspecified atom stereocenters. The first-order valence-electron chi connectivity index (χ1n) is 9.55. The highest BCUT2D eigenvalue weighted by Crippen LogP contribution is 2.40. The quantitative estimate of drug-likeness (QED) is 0.641. The highest BCUT2D eigenvalue weighted by molar-refractivity contribution is 5.76. The van der Waals surface area contributed by atoms with E-state index < -0.39 is 0 Å². The first kappa shape index (κ1) is 20.6. The molecular weight excluding hydrogens is 374 g/mol. The Kier molecular flexibility index (Phi) is 6.69. The van der Waals surface area contributed by atoms with Crippen LogP contribution in [-0.4, -0.2) is 45.5 Å². The third-order valence-electron chi connectivity index (χ3n) is 4.94. The van der Waals surface area contributed by atoms with E-state index >= 15 is 0 Å². The molecule has 2 aromatic carbocycles. The van der Waals surface area contributed by atoms with Gasteiger partial charge < -0.3 is 28.6 Å². The van der Waals surface area contributed by atoms with Crippen molar-refractivity contribution in [2.24, 2.45) is 0 Å². The summed E-state index contributed by atoms with van der Waals surface area (Å²) >= 11 is 0. The van der Waals surface area contributed by atoms with Crippen LogP contribution in [0.3, 0.4) is 0 Å². The molecule has 0 aliphatic carbocycles. The minimum Gasteiger partial charge on any atom is -0.493 e. The molecule has 2 aromatic rings. The lowest BCUT2D eigenvalue weighted by Gasteiger charge is -2.22. The normalized spacial score (nSPS) is 11.9. The van der Waals surface area contributed by atoms with Crippen molar-refractivity contribution in [1.82, 2.24) is 4.90 Å². The van der Waals surface area contributed by atoms with E-state index in [9.17, 15) is 4.79 Å². The second-order valence-corrected chi connectivity index (χ2v) is 6.59. The molecular formula is C22H27NO6.